The highest BCUT2D eigenvalue weighted by molar-refractivity contribution is 8.01. The van der Waals surface area contributed by atoms with Crippen LogP contribution in [-0.4, -0.2) is 59.9 Å². The molecule has 1 aliphatic rings. The number of Topliss-reactive ketones (excluding diaryl/α,β-unsaturated/α-hetero) is 1. The lowest BCUT2D eigenvalue weighted by Gasteiger charge is -2.22. The zero-order chi connectivity index (χ0) is 21.1. The fourth-order valence-electron chi connectivity index (χ4n) is 3.19. The molecule has 3 aromatic heterocycles. The van der Waals surface area contributed by atoms with E-state index in [9.17, 15) is 9.59 Å². The highest BCUT2D eigenvalue weighted by atomic mass is 32.2. The predicted octanol–water partition coefficient (Wildman–Crippen LogP) is 2.73. The van der Waals surface area contributed by atoms with Crippen LogP contribution in [0, 0.1) is 0 Å². The summed E-state index contributed by atoms with van der Waals surface area (Å²) in [7, 11) is 0. The number of H-pyrrole nitrogens is 1. The normalized spacial score (nSPS) is 16.2. The zero-order valence-corrected chi connectivity index (χ0v) is 19.1. The summed E-state index contributed by atoms with van der Waals surface area (Å²) >= 11 is 4.31. The van der Waals surface area contributed by atoms with E-state index in [2.05, 4.69) is 25.3 Å². The largest absolute Gasteiger partial charge is 0.381 e. The van der Waals surface area contributed by atoms with Gasteiger partial charge in [-0.25, -0.2) is 9.67 Å². The maximum atomic E-state index is 12.7. The van der Waals surface area contributed by atoms with Gasteiger partial charge in [0, 0.05) is 13.2 Å². The maximum Gasteiger partial charge on any atom is 0.262 e. The van der Waals surface area contributed by atoms with E-state index in [4.69, 9.17) is 4.74 Å². The van der Waals surface area contributed by atoms with Gasteiger partial charge in [0.15, 0.2) is 20.9 Å². The molecule has 4 rings (SSSR count). The monoisotopic (exact) mass is 466 g/mol. The van der Waals surface area contributed by atoms with Crippen LogP contribution in [0.15, 0.2) is 20.5 Å². The van der Waals surface area contributed by atoms with Crippen LogP contribution in [0.1, 0.15) is 37.7 Å². The van der Waals surface area contributed by atoms with E-state index in [1.807, 2.05) is 18.5 Å². The molecule has 0 saturated carbocycles. The first-order valence-corrected chi connectivity index (χ1v) is 12.4. The molecule has 0 spiro atoms. The number of nitrogens with one attached hydrogen (secondary N) is 1. The number of aromatic amines is 1. The van der Waals surface area contributed by atoms with Crippen molar-refractivity contribution in [1.82, 2.24) is 29.9 Å². The second-order valence-electron chi connectivity index (χ2n) is 6.84. The summed E-state index contributed by atoms with van der Waals surface area (Å²) in [6.45, 7) is 5.21. The Morgan fingerprint density at radius 3 is 2.97 bits per heavy atom. The van der Waals surface area contributed by atoms with Crippen molar-refractivity contribution in [2.45, 2.75) is 53.9 Å². The lowest BCUT2D eigenvalue weighted by Crippen LogP contribution is -2.21. The first-order valence-electron chi connectivity index (χ1n) is 9.75. The number of thioether (sulfide) groups is 2. The molecular formula is C18H22N6O3S3. The fourth-order valence-corrected chi connectivity index (χ4v) is 5.83. The Balaban J connectivity index is 1.49. The summed E-state index contributed by atoms with van der Waals surface area (Å²) < 4.78 is 8.11. The number of ketones is 1. The average Bonchev–Trinajstić information content (AvgIpc) is 3.36. The minimum Gasteiger partial charge on any atom is -0.381 e. The van der Waals surface area contributed by atoms with Gasteiger partial charge >= 0.3 is 0 Å². The minimum atomic E-state index is -0.378. The highest BCUT2D eigenvalue weighted by Gasteiger charge is 2.23. The highest BCUT2D eigenvalue weighted by Crippen LogP contribution is 2.27. The standard InChI is InChI=1S/C18H22N6O3S3/c1-3-28-18-23-22-14(30-18)8-13(25)10(2)29-17-20-15-12(16(26)21-17)9-19-24(15)11-4-6-27-7-5-11/h9-11H,3-8H2,1-2H3,(H,20,21,26). The van der Waals surface area contributed by atoms with Gasteiger partial charge in [-0.3, -0.25) is 9.59 Å². The Morgan fingerprint density at radius 2 is 2.20 bits per heavy atom. The number of hydrogen-bond donors (Lipinski definition) is 1. The van der Waals surface area contributed by atoms with Crippen molar-refractivity contribution in [2.75, 3.05) is 19.0 Å². The number of hydrogen-bond acceptors (Lipinski definition) is 10. The number of nitrogens with zero attached hydrogens (tertiary/aromatic N) is 5. The van der Waals surface area contributed by atoms with Crippen LogP contribution >= 0.6 is 34.9 Å². The van der Waals surface area contributed by atoms with Crippen molar-refractivity contribution in [2.24, 2.45) is 0 Å². The average molecular weight is 467 g/mol. The van der Waals surface area contributed by atoms with Crippen molar-refractivity contribution < 1.29 is 9.53 Å². The molecule has 0 amide bonds. The van der Waals surface area contributed by atoms with E-state index in [-0.39, 0.29) is 29.1 Å². The van der Waals surface area contributed by atoms with Crippen molar-refractivity contribution >= 4 is 51.7 Å². The summed E-state index contributed by atoms with van der Waals surface area (Å²) in [6, 6.07) is 0.162. The third-order valence-electron chi connectivity index (χ3n) is 4.76. The summed E-state index contributed by atoms with van der Waals surface area (Å²) in [5.74, 6) is 0.936. The SMILES string of the molecule is CCSc1nnc(CC(=O)C(C)Sc2nc3c(cnn3C3CCOCC3)c(=O)[nH]2)s1. The van der Waals surface area contributed by atoms with Crippen LogP contribution in [0.2, 0.25) is 0 Å². The van der Waals surface area contributed by atoms with Gasteiger partial charge < -0.3 is 9.72 Å². The zero-order valence-electron chi connectivity index (χ0n) is 16.7. The number of ether oxygens (including phenoxy) is 1. The van der Waals surface area contributed by atoms with Crippen molar-refractivity contribution in [1.29, 1.82) is 0 Å². The van der Waals surface area contributed by atoms with Gasteiger partial charge in [0.05, 0.1) is 23.9 Å². The van der Waals surface area contributed by atoms with Crippen LogP contribution in [0.4, 0.5) is 0 Å². The van der Waals surface area contributed by atoms with E-state index in [1.165, 1.54) is 23.1 Å². The van der Waals surface area contributed by atoms with Gasteiger partial charge in [0.25, 0.3) is 5.56 Å². The lowest BCUT2D eigenvalue weighted by molar-refractivity contribution is -0.117. The van der Waals surface area contributed by atoms with E-state index >= 15 is 0 Å². The number of carbonyl (C=O) groups is 1. The quantitative estimate of drug-likeness (QED) is 0.395. The van der Waals surface area contributed by atoms with Crippen molar-refractivity contribution in [3.8, 4) is 0 Å². The molecule has 0 aromatic carbocycles. The molecule has 3 aromatic rings. The van der Waals surface area contributed by atoms with Crippen LogP contribution in [0.5, 0.6) is 0 Å². The molecule has 1 saturated heterocycles. The Morgan fingerprint density at radius 1 is 1.40 bits per heavy atom. The molecule has 9 nitrogen and oxygen atoms in total. The third kappa shape index (κ3) is 4.76. The first kappa shape index (κ1) is 21.5. The summed E-state index contributed by atoms with van der Waals surface area (Å²) in [6.07, 6.45) is 3.45. The van der Waals surface area contributed by atoms with E-state index in [0.717, 1.165) is 22.9 Å². The Kier molecular flexibility index (Phi) is 6.86. The summed E-state index contributed by atoms with van der Waals surface area (Å²) in [5, 5.41) is 13.8. The Labute approximate surface area is 185 Å². The van der Waals surface area contributed by atoms with Gasteiger partial charge in [0.2, 0.25) is 0 Å². The maximum absolute atomic E-state index is 12.7. The molecule has 1 fully saturated rings. The Hall–Kier alpha value is -1.76. The third-order valence-corrected chi connectivity index (χ3v) is 7.73. The van der Waals surface area contributed by atoms with Gasteiger partial charge in [0.1, 0.15) is 10.4 Å². The van der Waals surface area contributed by atoms with Gasteiger partial charge in [-0.15, -0.1) is 10.2 Å². The van der Waals surface area contributed by atoms with Crippen LogP contribution < -0.4 is 5.56 Å². The number of rotatable bonds is 8. The van der Waals surface area contributed by atoms with Crippen LogP contribution in [0.3, 0.4) is 0 Å². The van der Waals surface area contributed by atoms with Gasteiger partial charge in [-0.1, -0.05) is 41.8 Å². The number of aromatic nitrogens is 6. The van der Waals surface area contributed by atoms with E-state index < -0.39 is 0 Å². The number of carbonyl (C=O) groups excluding carboxylic acids is 1. The molecule has 160 valence electrons. The molecule has 0 radical (unpaired) electrons. The molecule has 1 aliphatic heterocycles. The summed E-state index contributed by atoms with van der Waals surface area (Å²) in [5.41, 5.74) is 0.309. The van der Waals surface area contributed by atoms with Crippen LogP contribution in [-0.2, 0) is 16.0 Å². The molecule has 0 bridgehead atoms. The van der Waals surface area contributed by atoms with Crippen molar-refractivity contribution in [3.05, 3.63) is 21.6 Å². The Bertz CT molecular complexity index is 1090. The molecule has 30 heavy (non-hydrogen) atoms. The second-order valence-corrected chi connectivity index (χ2v) is 10.7. The molecule has 12 heteroatoms. The van der Waals surface area contributed by atoms with Crippen molar-refractivity contribution in [3.63, 3.8) is 0 Å². The smallest absolute Gasteiger partial charge is 0.262 e. The van der Waals surface area contributed by atoms with Crippen LogP contribution in [0.25, 0.3) is 11.0 Å². The fraction of sp³-hybridized carbons (Fsp3) is 0.556. The molecule has 1 atom stereocenters. The molecular weight excluding hydrogens is 444 g/mol. The minimum absolute atomic E-state index is 0.0184. The topological polar surface area (TPSA) is 116 Å². The second kappa shape index (κ2) is 9.58. The number of fused-ring (bicyclic) bond motifs is 1. The van der Waals surface area contributed by atoms with Gasteiger partial charge in [-0.2, -0.15) is 5.10 Å². The molecule has 4 heterocycles. The molecule has 1 unspecified atom stereocenters. The van der Waals surface area contributed by atoms with E-state index in [0.29, 0.717) is 34.4 Å². The molecule has 0 aliphatic carbocycles. The predicted molar refractivity (Wildman–Crippen MR) is 118 cm³/mol. The molecule has 1 N–H and O–H groups in total. The van der Waals surface area contributed by atoms with Gasteiger partial charge in [-0.05, 0) is 25.5 Å². The summed E-state index contributed by atoms with van der Waals surface area (Å²) in [4.78, 5) is 32.6. The van der Waals surface area contributed by atoms with E-state index in [1.54, 1.807) is 18.0 Å². The first-order chi connectivity index (χ1) is 14.5. The lowest BCUT2D eigenvalue weighted by atomic mass is 10.1.